The van der Waals surface area contributed by atoms with Crippen LogP contribution in [0.15, 0.2) is 60.7 Å². The SMILES string of the molecule is C[C@H](C=O)C[C@@H](C=O)NC(=O)OC(C)(C)C.C[C@H]1C[C@H](NC(=O)OC(C)(C)C)CN(Cc2ccccc2)C1.NCc1ccccc1. The summed E-state index contributed by atoms with van der Waals surface area (Å²) in [4.78, 5) is 46.8. The maximum absolute atomic E-state index is 11.9. The number of alkyl carbamates (subject to hydrolysis) is 2. The summed E-state index contributed by atoms with van der Waals surface area (Å²) in [6.45, 7) is 18.3. The van der Waals surface area contributed by atoms with E-state index in [1.165, 1.54) is 11.1 Å². The van der Waals surface area contributed by atoms with Gasteiger partial charge in [-0.25, -0.2) is 9.59 Å². The number of amides is 2. The minimum atomic E-state index is -0.685. The van der Waals surface area contributed by atoms with Crippen LogP contribution in [0, 0.1) is 11.8 Å². The Hall–Kier alpha value is -3.76. The van der Waals surface area contributed by atoms with Crippen molar-refractivity contribution in [3.63, 3.8) is 0 Å². The van der Waals surface area contributed by atoms with Crippen LogP contribution in [0.3, 0.4) is 0 Å². The molecule has 0 aromatic heterocycles. The van der Waals surface area contributed by atoms with E-state index in [1.54, 1.807) is 27.7 Å². The third kappa shape index (κ3) is 19.6. The summed E-state index contributed by atoms with van der Waals surface area (Å²) in [5, 5.41) is 5.42. The number of piperidine rings is 1. The molecule has 4 N–H and O–H groups in total. The van der Waals surface area contributed by atoms with Crippen LogP contribution in [0.2, 0.25) is 0 Å². The number of rotatable bonds is 9. The van der Waals surface area contributed by atoms with E-state index in [-0.39, 0.29) is 24.5 Å². The van der Waals surface area contributed by atoms with E-state index in [1.807, 2.05) is 57.2 Å². The number of aldehydes is 2. The Bertz CT molecular complexity index is 1160. The highest BCUT2D eigenvalue weighted by Gasteiger charge is 2.27. The first kappa shape index (κ1) is 40.3. The molecule has 0 unspecified atom stereocenters. The monoisotopic (exact) mass is 640 g/mol. The lowest BCUT2D eigenvalue weighted by Crippen LogP contribution is -2.50. The summed E-state index contributed by atoms with van der Waals surface area (Å²) in [5.74, 6) is 0.294. The molecule has 0 bridgehead atoms. The van der Waals surface area contributed by atoms with Crippen molar-refractivity contribution in [2.75, 3.05) is 13.1 Å². The zero-order valence-corrected chi connectivity index (χ0v) is 29.0. The quantitative estimate of drug-likeness (QED) is 0.289. The second-order valence-electron chi connectivity index (χ2n) is 13.8. The van der Waals surface area contributed by atoms with Crippen molar-refractivity contribution >= 4 is 24.8 Å². The number of nitrogens with two attached hydrogens (primary N) is 1. The molecule has 10 nitrogen and oxygen atoms in total. The van der Waals surface area contributed by atoms with Gasteiger partial charge in [0.15, 0.2) is 0 Å². The Labute approximate surface area is 275 Å². The average molecular weight is 641 g/mol. The Morgan fingerprint density at radius 1 is 0.870 bits per heavy atom. The van der Waals surface area contributed by atoms with E-state index in [0.717, 1.165) is 32.3 Å². The van der Waals surface area contributed by atoms with Gasteiger partial charge in [0, 0.05) is 38.1 Å². The van der Waals surface area contributed by atoms with Gasteiger partial charge in [0.05, 0.1) is 6.04 Å². The van der Waals surface area contributed by atoms with Gasteiger partial charge in [-0.15, -0.1) is 0 Å². The van der Waals surface area contributed by atoms with Gasteiger partial charge < -0.3 is 35.4 Å². The van der Waals surface area contributed by atoms with Crippen molar-refractivity contribution in [3.05, 3.63) is 71.8 Å². The molecule has 1 heterocycles. The van der Waals surface area contributed by atoms with E-state index in [4.69, 9.17) is 15.2 Å². The van der Waals surface area contributed by atoms with E-state index < -0.39 is 23.3 Å². The molecule has 4 atom stereocenters. The second kappa shape index (κ2) is 20.4. The van der Waals surface area contributed by atoms with E-state index >= 15 is 0 Å². The van der Waals surface area contributed by atoms with E-state index in [9.17, 15) is 19.2 Å². The Kier molecular flexibility index (Phi) is 17.8. The molecular weight excluding hydrogens is 584 g/mol. The van der Waals surface area contributed by atoms with Gasteiger partial charge in [0.25, 0.3) is 0 Å². The average Bonchev–Trinajstić information content (AvgIpc) is 2.96. The maximum Gasteiger partial charge on any atom is 0.408 e. The molecule has 256 valence electrons. The van der Waals surface area contributed by atoms with Gasteiger partial charge in [-0.05, 0) is 71.4 Å². The predicted molar refractivity (Wildman–Crippen MR) is 182 cm³/mol. The minimum absolute atomic E-state index is 0.155. The Morgan fingerprint density at radius 2 is 1.39 bits per heavy atom. The molecule has 2 aromatic rings. The molecule has 1 aliphatic heterocycles. The van der Waals surface area contributed by atoms with Crippen LogP contribution in [-0.4, -0.2) is 66.0 Å². The molecule has 10 heteroatoms. The van der Waals surface area contributed by atoms with E-state index in [2.05, 4.69) is 46.7 Å². The molecule has 1 fully saturated rings. The van der Waals surface area contributed by atoms with Gasteiger partial charge in [0.1, 0.15) is 23.8 Å². The lowest BCUT2D eigenvalue weighted by Gasteiger charge is -2.37. The molecule has 46 heavy (non-hydrogen) atoms. The summed E-state index contributed by atoms with van der Waals surface area (Å²) in [7, 11) is 0. The number of ether oxygens (including phenoxy) is 2. The third-order valence-electron chi connectivity index (χ3n) is 6.51. The summed E-state index contributed by atoms with van der Waals surface area (Å²) in [5.41, 5.74) is 6.80. The summed E-state index contributed by atoms with van der Waals surface area (Å²) >= 11 is 0. The van der Waals surface area contributed by atoms with Crippen LogP contribution in [0.4, 0.5) is 9.59 Å². The van der Waals surface area contributed by atoms with Crippen LogP contribution in [-0.2, 0) is 32.2 Å². The molecule has 0 spiro atoms. The van der Waals surface area contributed by atoms with Crippen LogP contribution < -0.4 is 16.4 Å². The van der Waals surface area contributed by atoms with Gasteiger partial charge in [-0.1, -0.05) is 74.5 Å². The fourth-order valence-electron chi connectivity index (χ4n) is 4.69. The normalized spacial score (nSPS) is 17.8. The Balaban J connectivity index is 0.000000384. The Morgan fingerprint density at radius 3 is 1.85 bits per heavy atom. The van der Waals surface area contributed by atoms with Crippen LogP contribution in [0.25, 0.3) is 0 Å². The van der Waals surface area contributed by atoms with Crippen LogP contribution in [0.5, 0.6) is 0 Å². The summed E-state index contributed by atoms with van der Waals surface area (Å²) in [6, 6.07) is 19.9. The maximum atomic E-state index is 11.9. The van der Waals surface area contributed by atoms with Crippen molar-refractivity contribution in [2.24, 2.45) is 17.6 Å². The highest BCUT2D eigenvalue weighted by molar-refractivity contribution is 5.73. The number of carbonyl (C=O) groups is 4. The number of nitrogens with one attached hydrogen (secondary N) is 2. The van der Waals surface area contributed by atoms with Crippen LogP contribution >= 0.6 is 0 Å². The molecule has 3 rings (SSSR count). The predicted octanol–water partition coefficient (Wildman–Crippen LogP) is 5.87. The molecule has 0 saturated carbocycles. The van der Waals surface area contributed by atoms with Crippen molar-refractivity contribution < 1.29 is 28.7 Å². The lowest BCUT2D eigenvalue weighted by molar-refractivity contribution is -0.112. The van der Waals surface area contributed by atoms with Crippen LogP contribution in [0.1, 0.15) is 79.4 Å². The second-order valence-corrected chi connectivity index (χ2v) is 13.8. The summed E-state index contributed by atoms with van der Waals surface area (Å²) < 4.78 is 10.3. The van der Waals surface area contributed by atoms with Crippen molar-refractivity contribution in [1.82, 2.24) is 15.5 Å². The number of hydrogen-bond donors (Lipinski definition) is 3. The molecule has 1 saturated heterocycles. The van der Waals surface area contributed by atoms with Gasteiger partial charge >= 0.3 is 12.2 Å². The number of benzene rings is 2. The number of carbonyl (C=O) groups excluding carboxylic acids is 4. The lowest BCUT2D eigenvalue weighted by atomic mass is 9.95. The van der Waals surface area contributed by atoms with Crippen molar-refractivity contribution in [1.29, 1.82) is 0 Å². The standard InChI is InChI=1S/C18H28N2O2.C11H19NO4.C7H9N/c1-14-10-16(19-17(21)22-18(2,3)4)13-20(11-14)12-15-8-6-5-7-9-15;1-8(6-13)5-9(7-14)12-10(15)16-11(2,3)4;8-6-7-4-2-1-3-5-7/h5-9,14,16H,10-13H2,1-4H3,(H,19,21);6-9H,5H2,1-4H3,(H,12,15);1-5H,6,8H2/t14-,16-;8-,9-;/m00./s1. The van der Waals surface area contributed by atoms with Crippen molar-refractivity contribution in [2.45, 2.75) is 105 Å². The number of likely N-dealkylation sites (tertiary alicyclic amines) is 1. The first-order valence-corrected chi connectivity index (χ1v) is 15.9. The largest absolute Gasteiger partial charge is 0.444 e. The highest BCUT2D eigenvalue weighted by atomic mass is 16.6. The zero-order valence-electron chi connectivity index (χ0n) is 29.0. The van der Waals surface area contributed by atoms with E-state index in [0.29, 0.717) is 18.7 Å². The molecular formula is C36H56N4O6. The fraction of sp³-hybridized carbons (Fsp3) is 0.556. The topological polar surface area (TPSA) is 140 Å². The smallest absolute Gasteiger partial charge is 0.408 e. The molecule has 0 aliphatic carbocycles. The van der Waals surface area contributed by atoms with Crippen molar-refractivity contribution in [3.8, 4) is 0 Å². The highest BCUT2D eigenvalue weighted by Crippen LogP contribution is 2.19. The summed E-state index contributed by atoms with van der Waals surface area (Å²) in [6.07, 6.45) is 1.67. The number of nitrogens with zero attached hydrogens (tertiary/aromatic N) is 1. The molecule has 0 radical (unpaired) electrons. The van der Waals surface area contributed by atoms with Gasteiger partial charge in [-0.3, -0.25) is 4.90 Å². The fourth-order valence-corrected chi connectivity index (χ4v) is 4.69. The number of hydrogen-bond acceptors (Lipinski definition) is 8. The molecule has 2 aromatic carbocycles. The zero-order chi connectivity index (χ0) is 34.8. The third-order valence-corrected chi connectivity index (χ3v) is 6.51. The minimum Gasteiger partial charge on any atom is -0.444 e. The van der Waals surface area contributed by atoms with Gasteiger partial charge in [-0.2, -0.15) is 0 Å². The van der Waals surface area contributed by atoms with Gasteiger partial charge in [0.2, 0.25) is 0 Å². The molecule has 2 amide bonds. The first-order chi connectivity index (χ1) is 21.5. The first-order valence-electron chi connectivity index (χ1n) is 15.9. The molecule has 1 aliphatic rings.